The van der Waals surface area contributed by atoms with Gasteiger partial charge in [-0.3, -0.25) is 4.98 Å². The van der Waals surface area contributed by atoms with E-state index >= 15 is 0 Å². The van der Waals surface area contributed by atoms with Crippen LogP contribution in [0.2, 0.25) is 0 Å². The zero-order valence-electron chi connectivity index (χ0n) is 9.51. The first-order valence-corrected chi connectivity index (χ1v) is 6.43. The van der Waals surface area contributed by atoms with Crippen molar-refractivity contribution in [1.82, 2.24) is 4.98 Å². The van der Waals surface area contributed by atoms with Gasteiger partial charge in [-0.25, -0.2) is 0 Å². The summed E-state index contributed by atoms with van der Waals surface area (Å²) in [6, 6.07) is 12.4. The van der Waals surface area contributed by atoms with E-state index in [1.807, 2.05) is 30.6 Å². The van der Waals surface area contributed by atoms with Crippen LogP contribution < -0.4 is 5.73 Å². The molecule has 1 heterocycles. The second-order valence-electron chi connectivity index (χ2n) is 4.05. The number of pyridine rings is 1. The molecule has 0 aliphatic rings. The topological polar surface area (TPSA) is 38.9 Å². The Morgan fingerprint density at radius 2 is 1.94 bits per heavy atom. The molecule has 0 spiro atoms. The van der Waals surface area contributed by atoms with Gasteiger partial charge < -0.3 is 5.73 Å². The van der Waals surface area contributed by atoms with Crippen LogP contribution in [0.15, 0.2) is 53.3 Å². The van der Waals surface area contributed by atoms with Crippen LogP contribution in [0.1, 0.15) is 17.0 Å². The molecule has 1 atom stereocenters. The number of hydrogen-bond donors (Lipinski definition) is 1. The third kappa shape index (κ3) is 3.38. The summed E-state index contributed by atoms with van der Waals surface area (Å²) in [6.45, 7) is 0.649. The zero-order valence-corrected chi connectivity index (χ0v) is 11.1. The number of rotatable bonds is 4. The summed E-state index contributed by atoms with van der Waals surface area (Å²) in [5, 5.41) is 0. The summed E-state index contributed by atoms with van der Waals surface area (Å²) in [4.78, 5) is 4.03. The standard InChI is InChI=1S/C14H15BrN2/c15-14-3-1-2-11(9-14)8-13(10-16)12-4-6-17-7-5-12/h1-7,9,13H,8,10,16H2. The van der Waals surface area contributed by atoms with Gasteiger partial charge in [0.1, 0.15) is 0 Å². The van der Waals surface area contributed by atoms with Crippen molar-refractivity contribution < 1.29 is 0 Å². The van der Waals surface area contributed by atoms with E-state index in [4.69, 9.17) is 5.73 Å². The summed E-state index contributed by atoms with van der Waals surface area (Å²) in [6.07, 6.45) is 4.60. The average Bonchev–Trinajstić information content (AvgIpc) is 2.37. The van der Waals surface area contributed by atoms with Crippen LogP contribution in [-0.4, -0.2) is 11.5 Å². The van der Waals surface area contributed by atoms with Gasteiger partial charge in [0, 0.05) is 22.8 Å². The highest BCUT2D eigenvalue weighted by Crippen LogP contribution is 2.21. The number of benzene rings is 1. The molecule has 1 unspecified atom stereocenters. The molecule has 0 radical (unpaired) electrons. The fraction of sp³-hybridized carbons (Fsp3) is 0.214. The molecule has 0 amide bonds. The van der Waals surface area contributed by atoms with Crippen LogP contribution in [0.3, 0.4) is 0 Å². The van der Waals surface area contributed by atoms with Gasteiger partial charge in [-0.2, -0.15) is 0 Å². The molecular weight excluding hydrogens is 276 g/mol. The molecule has 3 heteroatoms. The fourth-order valence-corrected chi connectivity index (χ4v) is 2.37. The van der Waals surface area contributed by atoms with Crippen LogP contribution in [0.5, 0.6) is 0 Å². The maximum atomic E-state index is 5.86. The predicted octanol–water partition coefficient (Wildman–Crippen LogP) is 3.13. The third-order valence-corrected chi connectivity index (χ3v) is 3.33. The Hall–Kier alpha value is -1.19. The number of nitrogens with two attached hydrogens (primary N) is 1. The monoisotopic (exact) mass is 290 g/mol. The van der Waals surface area contributed by atoms with Gasteiger partial charge in [0.15, 0.2) is 0 Å². The van der Waals surface area contributed by atoms with Crippen molar-refractivity contribution in [2.75, 3.05) is 6.54 Å². The smallest absolute Gasteiger partial charge is 0.0270 e. The lowest BCUT2D eigenvalue weighted by molar-refractivity contribution is 0.693. The van der Waals surface area contributed by atoms with E-state index in [1.165, 1.54) is 11.1 Å². The molecule has 2 nitrogen and oxygen atoms in total. The first-order chi connectivity index (χ1) is 8.29. The lowest BCUT2D eigenvalue weighted by Gasteiger charge is -2.15. The fourth-order valence-electron chi connectivity index (χ4n) is 1.92. The van der Waals surface area contributed by atoms with Crippen molar-refractivity contribution in [2.24, 2.45) is 5.73 Å². The van der Waals surface area contributed by atoms with Crippen molar-refractivity contribution >= 4 is 15.9 Å². The molecular formula is C14H15BrN2. The van der Waals surface area contributed by atoms with E-state index in [-0.39, 0.29) is 0 Å². The van der Waals surface area contributed by atoms with Gasteiger partial charge in [0.2, 0.25) is 0 Å². The van der Waals surface area contributed by atoms with Crippen LogP contribution in [0.4, 0.5) is 0 Å². The van der Waals surface area contributed by atoms with Crippen LogP contribution in [0, 0.1) is 0 Å². The summed E-state index contributed by atoms with van der Waals surface area (Å²) in [7, 11) is 0. The second-order valence-corrected chi connectivity index (χ2v) is 4.96. The minimum Gasteiger partial charge on any atom is -0.330 e. The first-order valence-electron chi connectivity index (χ1n) is 5.64. The van der Waals surface area contributed by atoms with E-state index in [0.717, 1.165) is 10.9 Å². The molecule has 2 rings (SSSR count). The summed E-state index contributed by atoms with van der Waals surface area (Å²) < 4.78 is 1.11. The molecule has 1 aromatic carbocycles. The van der Waals surface area contributed by atoms with Crippen LogP contribution >= 0.6 is 15.9 Å². The predicted molar refractivity (Wildman–Crippen MR) is 73.9 cm³/mol. The SMILES string of the molecule is NCC(Cc1cccc(Br)c1)c1ccncc1. The Morgan fingerprint density at radius 3 is 2.59 bits per heavy atom. The van der Waals surface area contributed by atoms with Gasteiger partial charge in [-0.05, 0) is 48.4 Å². The van der Waals surface area contributed by atoms with Crippen molar-refractivity contribution in [3.05, 3.63) is 64.4 Å². The maximum Gasteiger partial charge on any atom is 0.0270 e. The Bertz CT molecular complexity index is 471. The van der Waals surface area contributed by atoms with Gasteiger partial charge in [0.05, 0.1) is 0 Å². The molecule has 88 valence electrons. The van der Waals surface area contributed by atoms with Crippen molar-refractivity contribution in [1.29, 1.82) is 0 Å². The molecule has 0 aliphatic carbocycles. The number of aromatic nitrogens is 1. The van der Waals surface area contributed by atoms with Gasteiger partial charge in [0.25, 0.3) is 0 Å². The van der Waals surface area contributed by atoms with E-state index in [0.29, 0.717) is 12.5 Å². The molecule has 2 aromatic rings. The molecule has 0 aliphatic heterocycles. The van der Waals surface area contributed by atoms with Crippen molar-refractivity contribution in [3.63, 3.8) is 0 Å². The molecule has 0 saturated carbocycles. The van der Waals surface area contributed by atoms with E-state index in [1.54, 1.807) is 0 Å². The molecule has 0 fully saturated rings. The van der Waals surface area contributed by atoms with Crippen LogP contribution in [-0.2, 0) is 6.42 Å². The van der Waals surface area contributed by atoms with Crippen molar-refractivity contribution in [3.8, 4) is 0 Å². The average molecular weight is 291 g/mol. The molecule has 0 bridgehead atoms. The number of halogens is 1. The Labute approximate surface area is 110 Å². The zero-order chi connectivity index (χ0) is 12.1. The number of hydrogen-bond acceptors (Lipinski definition) is 2. The van der Waals surface area contributed by atoms with E-state index in [2.05, 4.69) is 39.1 Å². The Balaban J connectivity index is 2.16. The summed E-state index contributed by atoms with van der Waals surface area (Å²) in [5.74, 6) is 0.354. The van der Waals surface area contributed by atoms with Gasteiger partial charge in [-0.1, -0.05) is 28.1 Å². The van der Waals surface area contributed by atoms with E-state index < -0.39 is 0 Å². The third-order valence-electron chi connectivity index (χ3n) is 2.83. The Kier molecular flexibility index (Phi) is 4.29. The summed E-state index contributed by atoms with van der Waals surface area (Å²) >= 11 is 3.49. The highest BCUT2D eigenvalue weighted by Gasteiger charge is 2.10. The minimum absolute atomic E-state index is 0.354. The molecule has 17 heavy (non-hydrogen) atoms. The Morgan fingerprint density at radius 1 is 1.18 bits per heavy atom. The maximum absolute atomic E-state index is 5.86. The van der Waals surface area contributed by atoms with Gasteiger partial charge >= 0.3 is 0 Å². The van der Waals surface area contributed by atoms with E-state index in [9.17, 15) is 0 Å². The van der Waals surface area contributed by atoms with Crippen molar-refractivity contribution in [2.45, 2.75) is 12.3 Å². The normalized spacial score (nSPS) is 12.4. The van der Waals surface area contributed by atoms with Crippen LogP contribution in [0.25, 0.3) is 0 Å². The largest absolute Gasteiger partial charge is 0.330 e. The molecule has 1 aromatic heterocycles. The quantitative estimate of drug-likeness (QED) is 0.940. The second kappa shape index (κ2) is 5.94. The lowest BCUT2D eigenvalue weighted by atomic mass is 9.93. The highest BCUT2D eigenvalue weighted by molar-refractivity contribution is 9.10. The highest BCUT2D eigenvalue weighted by atomic mass is 79.9. The molecule has 2 N–H and O–H groups in total. The summed E-state index contributed by atoms with van der Waals surface area (Å²) in [5.41, 5.74) is 8.41. The first kappa shape index (κ1) is 12.3. The minimum atomic E-state index is 0.354. The lowest BCUT2D eigenvalue weighted by Crippen LogP contribution is -2.15. The van der Waals surface area contributed by atoms with Gasteiger partial charge in [-0.15, -0.1) is 0 Å². The number of nitrogens with zero attached hydrogens (tertiary/aromatic N) is 1. The molecule has 0 saturated heterocycles.